The van der Waals surface area contributed by atoms with E-state index in [0.29, 0.717) is 19.0 Å². The van der Waals surface area contributed by atoms with Gasteiger partial charge in [-0.3, -0.25) is 4.79 Å². The van der Waals surface area contributed by atoms with Gasteiger partial charge in [-0.1, -0.05) is 6.07 Å². The molecule has 0 unspecified atom stereocenters. The Kier molecular flexibility index (Phi) is 5.52. The molecule has 1 saturated heterocycles. The largest absolute Gasteiger partial charge is 0.351 e. The summed E-state index contributed by atoms with van der Waals surface area (Å²) in [6.07, 6.45) is 1.87. The fourth-order valence-electron chi connectivity index (χ4n) is 3.51. The minimum Gasteiger partial charge on any atom is -0.351 e. The van der Waals surface area contributed by atoms with Crippen LogP contribution < -0.4 is 15.5 Å². The highest BCUT2D eigenvalue weighted by Crippen LogP contribution is 2.32. The van der Waals surface area contributed by atoms with Gasteiger partial charge in [-0.05, 0) is 49.6 Å². The van der Waals surface area contributed by atoms with Crippen LogP contribution in [0.3, 0.4) is 0 Å². The lowest BCUT2D eigenvalue weighted by Crippen LogP contribution is -2.70. The number of anilines is 3. The third-order valence-electron chi connectivity index (χ3n) is 4.98. The summed E-state index contributed by atoms with van der Waals surface area (Å²) < 4.78 is 17.7. The number of hydrogen-bond donors (Lipinski definition) is 2. The van der Waals surface area contributed by atoms with Gasteiger partial charge in [-0.25, -0.2) is 9.37 Å². The highest BCUT2D eigenvalue weighted by atomic mass is 32.1. The van der Waals surface area contributed by atoms with Crippen molar-refractivity contribution in [3.8, 4) is 6.07 Å². The molecule has 3 heterocycles. The molecule has 0 bridgehead atoms. The second-order valence-corrected chi connectivity index (χ2v) is 8.40. The third-order valence-corrected chi connectivity index (χ3v) is 5.77. The summed E-state index contributed by atoms with van der Waals surface area (Å²) in [5, 5.41) is 16.2. The molecule has 1 aromatic carbocycles. The van der Waals surface area contributed by atoms with Crippen LogP contribution in [0, 0.1) is 31.0 Å². The Morgan fingerprint density at radius 3 is 2.84 bits per heavy atom. The van der Waals surface area contributed by atoms with Crippen LogP contribution in [-0.4, -0.2) is 38.9 Å². The predicted octanol–water partition coefficient (Wildman–Crippen LogP) is 3.34. The van der Waals surface area contributed by atoms with E-state index in [0.717, 1.165) is 22.1 Å². The number of halogens is 1. The maximum absolute atomic E-state index is 13.5. The number of amides is 1. The molecule has 0 atom stereocenters. The number of aromatic nitrogens is 3. The van der Waals surface area contributed by atoms with Gasteiger partial charge in [0, 0.05) is 30.4 Å². The zero-order valence-corrected chi connectivity index (χ0v) is 17.8. The second kappa shape index (κ2) is 8.28. The molecule has 4 rings (SSSR count). The van der Waals surface area contributed by atoms with Crippen molar-refractivity contribution in [1.29, 1.82) is 5.26 Å². The highest BCUT2D eigenvalue weighted by Gasteiger charge is 2.45. The van der Waals surface area contributed by atoms with E-state index in [-0.39, 0.29) is 12.0 Å². The van der Waals surface area contributed by atoms with Crippen LogP contribution in [0.4, 0.5) is 21.2 Å². The van der Waals surface area contributed by atoms with Crippen LogP contribution in [0.25, 0.3) is 0 Å². The molecule has 3 aromatic rings. The van der Waals surface area contributed by atoms with E-state index >= 15 is 0 Å². The van der Waals surface area contributed by atoms with E-state index in [2.05, 4.69) is 31.0 Å². The molecule has 8 nitrogen and oxygen atoms in total. The average molecular weight is 438 g/mol. The Hall–Kier alpha value is -3.58. The van der Waals surface area contributed by atoms with Crippen molar-refractivity contribution in [2.45, 2.75) is 25.8 Å². The summed E-state index contributed by atoms with van der Waals surface area (Å²) in [6, 6.07) is 9.55. The van der Waals surface area contributed by atoms with Crippen molar-refractivity contribution in [2.24, 2.45) is 0 Å². The topological polar surface area (TPSA) is 107 Å². The highest BCUT2D eigenvalue weighted by molar-refractivity contribution is 7.10. The number of benzene rings is 1. The zero-order valence-electron chi connectivity index (χ0n) is 17.0. The first-order valence-electron chi connectivity index (χ1n) is 9.61. The lowest BCUT2D eigenvalue weighted by molar-refractivity contribution is 0.0879. The van der Waals surface area contributed by atoms with Crippen molar-refractivity contribution < 1.29 is 9.18 Å². The Morgan fingerprint density at radius 2 is 2.16 bits per heavy atom. The molecule has 2 N–H and O–H groups in total. The molecule has 1 amide bonds. The van der Waals surface area contributed by atoms with E-state index < -0.39 is 17.3 Å². The number of nitrogens with one attached hydrogen (secondary N) is 2. The van der Waals surface area contributed by atoms with Gasteiger partial charge in [0.2, 0.25) is 5.95 Å². The third kappa shape index (κ3) is 4.46. The average Bonchev–Trinajstić information content (AvgIpc) is 3.12. The molecule has 1 aliphatic heterocycles. The number of nitrogens with zero attached hydrogens (tertiary/aromatic N) is 5. The van der Waals surface area contributed by atoms with E-state index in [1.807, 2.05) is 24.8 Å². The van der Waals surface area contributed by atoms with Gasteiger partial charge < -0.3 is 15.5 Å². The van der Waals surface area contributed by atoms with Crippen molar-refractivity contribution in [3.63, 3.8) is 0 Å². The Morgan fingerprint density at radius 1 is 1.35 bits per heavy atom. The number of nitriles is 1. The second-order valence-electron chi connectivity index (χ2n) is 7.59. The molecule has 0 aliphatic carbocycles. The molecule has 1 fully saturated rings. The summed E-state index contributed by atoms with van der Waals surface area (Å²) >= 11 is 1.33. The van der Waals surface area contributed by atoms with E-state index in [1.54, 1.807) is 12.3 Å². The first kappa shape index (κ1) is 20.7. The quantitative estimate of drug-likeness (QED) is 0.609. The minimum absolute atomic E-state index is 0.139. The van der Waals surface area contributed by atoms with Gasteiger partial charge in [0.05, 0.1) is 23.7 Å². The molecular formula is C21H20FN7OS. The summed E-state index contributed by atoms with van der Waals surface area (Å²) in [7, 11) is 0. The van der Waals surface area contributed by atoms with E-state index in [4.69, 9.17) is 0 Å². The van der Waals surface area contributed by atoms with Gasteiger partial charge in [0.15, 0.2) is 0 Å². The first-order chi connectivity index (χ1) is 14.9. The van der Waals surface area contributed by atoms with Crippen molar-refractivity contribution in [3.05, 3.63) is 59.2 Å². The lowest BCUT2D eigenvalue weighted by Gasteiger charge is -2.50. The summed E-state index contributed by atoms with van der Waals surface area (Å²) in [5.74, 6) is 0.292. The van der Waals surface area contributed by atoms with Crippen LogP contribution in [0.1, 0.15) is 28.0 Å². The number of carbonyl (C=O) groups is 1. The van der Waals surface area contributed by atoms with Gasteiger partial charge >= 0.3 is 0 Å². The molecule has 10 heteroatoms. The van der Waals surface area contributed by atoms with Gasteiger partial charge in [-0.2, -0.15) is 14.6 Å². The summed E-state index contributed by atoms with van der Waals surface area (Å²) in [5.41, 5.74) is 1.30. The molecule has 0 spiro atoms. The van der Waals surface area contributed by atoms with Gasteiger partial charge in [-0.15, -0.1) is 0 Å². The van der Waals surface area contributed by atoms with E-state index in [1.165, 1.54) is 29.7 Å². The van der Waals surface area contributed by atoms with Crippen LogP contribution in [0.15, 0.2) is 36.5 Å². The number of carbonyl (C=O) groups excluding carboxylic acids is 1. The Labute approximate surface area is 182 Å². The smallest absolute Gasteiger partial charge is 0.251 e. The fourth-order valence-corrected chi connectivity index (χ4v) is 4.16. The monoisotopic (exact) mass is 437 g/mol. The zero-order chi connectivity index (χ0) is 22.0. The standard InChI is InChI=1S/C21H20FN7OS/c1-13-10-24-20(25-17-8-14(2)28-31-17)26-18(13)29-11-21(12-29,6-7-23)27-19(30)15-4-3-5-16(22)9-15/h3-5,8-10H,6,11-12H2,1-2H3,(H,27,30)(H,24,25,26). The maximum Gasteiger partial charge on any atom is 0.251 e. The molecule has 31 heavy (non-hydrogen) atoms. The molecule has 158 valence electrons. The van der Waals surface area contributed by atoms with Gasteiger partial charge in [0.1, 0.15) is 16.6 Å². The van der Waals surface area contributed by atoms with Crippen molar-refractivity contribution in [1.82, 2.24) is 19.7 Å². The predicted molar refractivity (Wildman–Crippen MR) is 116 cm³/mol. The van der Waals surface area contributed by atoms with E-state index in [9.17, 15) is 14.4 Å². The van der Waals surface area contributed by atoms with Gasteiger partial charge in [0.25, 0.3) is 5.91 Å². The lowest BCUT2D eigenvalue weighted by atomic mass is 9.86. The summed E-state index contributed by atoms with van der Waals surface area (Å²) in [4.78, 5) is 23.5. The molecule has 0 radical (unpaired) electrons. The van der Waals surface area contributed by atoms with Crippen LogP contribution in [-0.2, 0) is 0 Å². The van der Waals surface area contributed by atoms with Crippen LogP contribution >= 0.6 is 11.5 Å². The van der Waals surface area contributed by atoms with Crippen LogP contribution in [0.5, 0.6) is 0 Å². The minimum atomic E-state index is -0.724. The molecule has 2 aromatic heterocycles. The maximum atomic E-state index is 13.5. The number of rotatable bonds is 6. The SMILES string of the molecule is Cc1cc(Nc2ncc(C)c(N3CC(CC#N)(NC(=O)c4cccc(F)c4)C3)n2)sn1. The molecular weight excluding hydrogens is 417 g/mol. The fraction of sp³-hybridized carbons (Fsp3) is 0.286. The summed E-state index contributed by atoms with van der Waals surface area (Å²) in [6.45, 7) is 4.65. The van der Waals surface area contributed by atoms with Crippen LogP contribution in [0.2, 0.25) is 0 Å². The Balaban J connectivity index is 1.49. The normalized spacial score (nSPS) is 14.5. The number of aryl methyl sites for hydroxylation is 2. The Bertz CT molecular complexity index is 1170. The molecule has 1 aliphatic rings. The number of hydrogen-bond acceptors (Lipinski definition) is 8. The first-order valence-corrected chi connectivity index (χ1v) is 10.4. The van der Waals surface area contributed by atoms with Crippen molar-refractivity contribution in [2.75, 3.05) is 23.3 Å². The molecule has 0 saturated carbocycles. The van der Waals surface area contributed by atoms with Crippen molar-refractivity contribution >= 4 is 34.2 Å².